The number of benzene rings is 2. The van der Waals surface area contributed by atoms with E-state index in [1.54, 1.807) is 14.2 Å². The molecule has 1 heterocycles. The zero-order chi connectivity index (χ0) is 21.3. The first kappa shape index (κ1) is 21.7. The number of fused-ring (bicyclic) bond motifs is 1. The fourth-order valence-corrected chi connectivity index (χ4v) is 3.46. The molecule has 0 aliphatic heterocycles. The van der Waals surface area contributed by atoms with Crippen molar-refractivity contribution >= 4 is 16.9 Å². The molecule has 0 unspecified atom stereocenters. The summed E-state index contributed by atoms with van der Waals surface area (Å²) < 4.78 is 11.0. The molecular weight excluding hydrogens is 376 g/mol. The molecule has 0 radical (unpaired) electrons. The van der Waals surface area contributed by atoms with E-state index >= 15 is 0 Å². The summed E-state index contributed by atoms with van der Waals surface area (Å²) in [7, 11) is 3.46. The summed E-state index contributed by atoms with van der Waals surface area (Å²) in [6.45, 7) is 6.72. The number of hydrogen-bond donors (Lipinski definition) is 3. The number of ether oxygens (including phenoxy) is 2. The standard InChI is InChI=1S/C24H32N4O2/c1-17-8-9-20(22(14-17)30-13-12-29-4)16-28-24(25-3)26-11-10-19-15-27-23-18(2)6-5-7-21(19)23/h5-9,14-15,27H,10-13,16H2,1-4H3,(H2,25,26,28). The fourth-order valence-electron chi connectivity index (χ4n) is 3.46. The minimum Gasteiger partial charge on any atom is -0.491 e. The summed E-state index contributed by atoms with van der Waals surface area (Å²) >= 11 is 0. The van der Waals surface area contributed by atoms with Crippen molar-refractivity contribution < 1.29 is 9.47 Å². The Morgan fingerprint density at radius 3 is 2.73 bits per heavy atom. The fraction of sp³-hybridized carbons (Fsp3) is 0.375. The number of aromatic amines is 1. The van der Waals surface area contributed by atoms with E-state index in [1.165, 1.54) is 27.6 Å². The third-order valence-corrected chi connectivity index (χ3v) is 5.13. The van der Waals surface area contributed by atoms with Gasteiger partial charge in [0, 0.05) is 49.9 Å². The second-order valence-corrected chi connectivity index (χ2v) is 7.37. The Hall–Kier alpha value is -2.99. The highest BCUT2D eigenvalue weighted by atomic mass is 16.5. The largest absolute Gasteiger partial charge is 0.491 e. The second-order valence-electron chi connectivity index (χ2n) is 7.37. The van der Waals surface area contributed by atoms with Gasteiger partial charge >= 0.3 is 0 Å². The normalized spacial score (nSPS) is 11.7. The Morgan fingerprint density at radius 2 is 1.93 bits per heavy atom. The molecule has 1 aromatic heterocycles. The van der Waals surface area contributed by atoms with Gasteiger partial charge in [-0.3, -0.25) is 4.99 Å². The van der Waals surface area contributed by atoms with Crippen LogP contribution >= 0.6 is 0 Å². The molecule has 0 spiro atoms. The molecule has 6 heteroatoms. The summed E-state index contributed by atoms with van der Waals surface area (Å²) in [6, 6.07) is 12.6. The van der Waals surface area contributed by atoms with Gasteiger partial charge in [0.15, 0.2) is 5.96 Å². The number of para-hydroxylation sites is 1. The number of guanidine groups is 1. The van der Waals surface area contributed by atoms with Crippen LogP contribution in [0, 0.1) is 13.8 Å². The molecule has 0 aliphatic rings. The van der Waals surface area contributed by atoms with Crippen LogP contribution in [0.3, 0.4) is 0 Å². The third-order valence-electron chi connectivity index (χ3n) is 5.13. The minimum atomic E-state index is 0.532. The maximum absolute atomic E-state index is 5.88. The van der Waals surface area contributed by atoms with Gasteiger partial charge in [-0.1, -0.05) is 30.3 Å². The van der Waals surface area contributed by atoms with Gasteiger partial charge in [0.25, 0.3) is 0 Å². The lowest BCUT2D eigenvalue weighted by atomic mass is 10.1. The average Bonchev–Trinajstić information content (AvgIpc) is 3.16. The summed E-state index contributed by atoms with van der Waals surface area (Å²) in [6.07, 6.45) is 3.02. The molecular formula is C24H32N4O2. The summed E-state index contributed by atoms with van der Waals surface area (Å²) in [5, 5.41) is 8.08. The maximum Gasteiger partial charge on any atom is 0.191 e. The smallest absolute Gasteiger partial charge is 0.191 e. The molecule has 3 aromatic rings. The SMILES string of the molecule is CN=C(NCCc1c[nH]c2c(C)cccc12)NCc1ccc(C)cc1OCCOC. The molecule has 3 rings (SSSR count). The number of aromatic nitrogens is 1. The lowest BCUT2D eigenvalue weighted by Crippen LogP contribution is -2.37. The average molecular weight is 409 g/mol. The molecule has 0 amide bonds. The van der Waals surface area contributed by atoms with Gasteiger partial charge in [0.2, 0.25) is 0 Å². The van der Waals surface area contributed by atoms with E-state index in [4.69, 9.17) is 9.47 Å². The van der Waals surface area contributed by atoms with Gasteiger partial charge in [-0.15, -0.1) is 0 Å². The van der Waals surface area contributed by atoms with Gasteiger partial charge in [0.05, 0.1) is 6.61 Å². The van der Waals surface area contributed by atoms with E-state index in [0.717, 1.165) is 30.2 Å². The number of nitrogens with one attached hydrogen (secondary N) is 3. The first-order valence-electron chi connectivity index (χ1n) is 10.3. The van der Waals surface area contributed by atoms with Crippen LogP contribution in [-0.2, 0) is 17.7 Å². The lowest BCUT2D eigenvalue weighted by Gasteiger charge is -2.15. The number of rotatable bonds is 9. The number of H-pyrrole nitrogens is 1. The molecule has 0 bridgehead atoms. The third kappa shape index (κ3) is 5.54. The molecule has 0 saturated heterocycles. The van der Waals surface area contributed by atoms with Crippen LogP contribution in [0.4, 0.5) is 0 Å². The molecule has 0 atom stereocenters. The van der Waals surface area contributed by atoms with Crippen LogP contribution in [-0.4, -0.2) is 44.9 Å². The zero-order valence-electron chi connectivity index (χ0n) is 18.3. The summed E-state index contributed by atoms with van der Waals surface area (Å²) in [5.41, 5.74) is 6.06. The monoisotopic (exact) mass is 408 g/mol. The van der Waals surface area contributed by atoms with Crippen LogP contribution in [0.1, 0.15) is 22.3 Å². The Bertz CT molecular complexity index is 994. The Morgan fingerprint density at radius 1 is 1.07 bits per heavy atom. The summed E-state index contributed by atoms with van der Waals surface area (Å²) in [4.78, 5) is 7.74. The van der Waals surface area contributed by atoms with Gasteiger partial charge < -0.3 is 25.1 Å². The number of aliphatic imine (C=N–C) groups is 1. The Kier molecular flexibility index (Phi) is 7.74. The first-order chi connectivity index (χ1) is 14.6. The molecule has 0 fully saturated rings. The van der Waals surface area contributed by atoms with E-state index in [0.29, 0.717) is 19.8 Å². The van der Waals surface area contributed by atoms with Gasteiger partial charge in [-0.25, -0.2) is 0 Å². The van der Waals surface area contributed by atoms with E-state index in [9.17, 15) is 0 Å². The molecule has 30 heavy (non-hydrogen) atoms. The van der Waals surface area contributed by atoms with Crippen molar-refractivity contribution in [1.82, 2.24) is 15.6 Å². The molecule has 0 aliphatic carbocycles. The van der Waals surface area contributed by atoms with Crippen molar-refractivity contribution in [1.29, 1.82) is 0 Å². The van der Waals surface area contributed by atoms with E-state index < -0.39 is 0 Å². The molecule has 6 nitrogen and oxygen atoms in total. The van der Waals surface area contributed by atoms with Gasteiger partial charge in [-0.2, -0.15) is 0 Å². The zero-order valence-corrected chi connectivity index (χ0v) is 18.3. The topological polar surface area (TPSA) is 70.7 Å². The van der Waals surface area contributed by atoms with Crippen molar-refractivity contribution in [2.75, 3.05) is 33.9 Å². The van der Waals surface area contributed by atoms with E-state index in [2.05, 4.69) is 77.1 Å². The number of aryl methyl sites for hydroxylation is 2. The van der Waals surface area contributed by atoms with E-state index in [1.807, 2.05) is 0 Å². The summed E-state index contributed by atoms with van der Waals surface area (Å²) in [5.74, 6) is 1.65. The minimum absolute atomic E-state index is 0.532. The quantitative estimate of drug-likeness (QED) is 0.287. The van der Waals surface area contributed by atoms with Crippen LogP contribution in [0.15, 0.2) is 47.6 Å². The maximum atomic E-state index is 5.88. The van der Waals surface area contributed by atoms with Crippen molar-refractivity contribution in [3.8, 4) is 5.75 Å². The second kappa shape index (κ2) is 10.7. The van der Waals surface area contributed by atoms with Crippen molar-refractivity contribution in [2.45, 2.75) is 26.8 Å². The molecule has 0 saturated carbocycles. The molecule has 2 aromatic carbocycles. The highest BCUT2D eigenvalue weighted by Gasteiger charge is 2.08. The number of methoxy groups -OCH3 is 1. The van der Waals surface area contributed by atoms with Crippen molar-refractivity contribution in [2.24, 2.45) is 4.99 Å². The number of hydrogen-bond acceptors (Lipinski definition) is 3. The van der Waals surface area contributed by atoms with Gasteiger partial charge in [-0.05, 0) is 43.0 Å². The van der Waals surface area contributed by atoms with Gasteiger partial charge in [0.1, 0.15) is 12.4 Å². The van der Waals surface area contributed by atoms with Crippen molar-refractivity contribution in [3.05, 3.63) is 64.8 Å². The molecule has 3 N–H and O–H groups in total. The van der Waals surface area contributed by atoms with Crippen LogP contribution < -0.4 is 15.4 Å². The van der Waals surface area contributed by atoms with Crippen LogP contribution in [0.5, 0.6) is 5.75 Å². The lowest BCUT2D eigenvalue weighted by molar-refractivity contribution is 0.145. The highest BCUT2D eigenvalue weighted by molar-refractivity contribution is 5.86. The van der Waals surface area contributed by atoms with Crippen LogP contribution in [0.2, 0.25) is 0 Å². The predicted molar refractivity (Wildman–Crippen MR) is 123 cm³/mol. The first-order valence-corrected chi connectivity index (χ1v) is 10.3. The molecule has 160 valence electrons. The Balaban J connectivity index is 1.54. The van der Waals surface area contributed by atoms with Crippen LogP contribution in [0.25, 0.3) is 10.9 Å². The van der Waals surface area contributed by atoms with E-state index in [-0.39, 0.29) is 0 Å². The number of nitrogens with zero attached hydrogens (tertiary/aromatic N) is 1. The highest BCUT2D eigenvalue weighted by Crippen LogP contribution is 2.22. The predicted octanol–water partition coefficient (Wildman–Crippen LogP) is 3.72. The Labute approximate surface area is 178 Å². The van der Waals surface area contributed by atoms with Crippen molar-refractivity contribution in [3.63, 3.8) is 0 Å².